The summed E-state index contributed by atoms with van der Waals surface area (Å²) in [6.07, 6.45) is 1.41. The average molecular weight is 440 g/mol. The van der Waals surface area contributed by atoms with E-state index in [1.807, 2.05) is 36.4 Å². The molecule has 8 heteroatoms. The van der Waals surface area contributed by atoms with Crippen molar-refractivity contribution in [2.75, 3.05) is 12.4 Å². The van der Waals surface area contributed by atoms with E-state index in [-0.39, 0.29) is 11.5 Å². The Balaban J connectivity index is 1.66. The molecular formula is C22H18ClN3O3S. The summed E-state index contributed by atoms with van der Waals surface area (Å²) in [5.41, 5.74) is 1.19. The predicted molar refractivity (Wildman–Crippen MR) is 121 cm³/mol. The summed E-state index contributed by atoms with van der Waals surface area (Å²) in [7, 11) is 1.51. The zero-order chi connectivity index (χ0) is 21.3. The molecule has 2 aromatic heterocycles. The number of anilines is 1. The summed E-state index contributed by atoms with van der Waals surface area (Å²) < 4.78 is 6.59. The Morgan fingerprint density at radius 3 is 2.70 bits per heavy atom. The number of halogens is 1. The molecule has 0 aliphatic carbocycles. The Bertz CT molecular complexity index is 1280. The molecule has 0 spiro atoms. The summed E-state index contributed by atoms with van der Waals surface area (Å²) in [4.78, 5) is 31.9. The number of benzene rings is 2. The van der Waals surface area contributed by atoms with E-state index in [1.54, 1.807) is 25.1 Å². The van der Waals surface area contributed by atoms with Crippen molar-refractivity contribution in [2.24, 2.45) is 0 Å². The van der Waals surface area contributed by atoms with Crippen molar-refractivity contribution < 1.29 is 9.53 Å². The van der Waals surface area contributed by atoms with Gasteiger partial charge in [-0.25, -0.2) is 4.98 Å². The predicted octanol–water partition coefficient (Wildman–Crippen LogP) is 4.99. The molecule has 0 saturated heterocycles. The summed E-state index contributed by atoms with van der Waals surface area (Å²) >= 11 is 7.47. The normalized spacial score (nSPS) is 12.0. The molecule has 30 heavy (non-hydrogen) atoms. The van der Waals surface area contributed by atoms with Crippen molar-refractivity contribution in [3.8, 4) is 16.2 Å². The molecule has 2 aromatic carbocycles. The fraction of sp³-hybridized carbons (Fsp3) is 0.136. The second-order valence-electron chi connectivity index (χ2n) is 6.66. The summed E-state index contributed by atoms with van der Waals surface area (Å²) in [5.74, 6) is 0.101. The summed E-state index contributed by atoms with van der Waals surface area (Å²) in [5, 5.41) is 3.72. The van der Waals surface area contributed by atoms with Crippen LogP contribution in [0.4, 0.5) is 5.69 Å². The molecule has 1 unspecified atom stereocenters. The lowest BCUT2D eigenvalue weighted by Gasteiger charge is -2.16. The molecule has 1 amide bonds. The van der Waals surface area contributed by atoms with E-state index < -0.39 is 6.04 Å². The number of rotatable bonds is 5. The molecule has 0 fully saturated rings. The number of ether oxygens (including phenoxy) is 1. The Labute approximate surface area is 181 Å². The van der Waals surface area contributed by atoms with Gasteiger partial charge in [-0.2, -0.15) is 0 Å². The number of carbonyl (C=O) groups excluding carboxylic acids is 1. The number of methoxy groups -OCH3 is 1. The molecule has 2 heterocycles. The zero-order valence-electron chi connectivity index (χ0n) is 16.3. The number of hydrogen-bond acceptors (Lipinski definition) is 5. The van der Waals surface area contributed by atoms with Gasteiger partial charge in [-0.1, -0.05) is 41.9 Å². The van der Waals surface area contributed by atoms with Gasteiger partial charge < -0.3 is 10.1 Å². The first kappa shape index (κ1) is 20.1. The first-order valence-electron chi connectivity index (χ1n) is 9.18. The second kappa shape index (κ2) is 8.30. The van der Waals surface area contributed by atoms with Crippen LogP contribution in [-0.2, 0) is 4.79 Å². The lowest BCUT2D eigenvalue weighted by Crippen LogP contribution is -2.31. The average Bonchev–Trinajstić information content (AvgIpc) is 3.20. The van der Waals surface area contributed by atoms with Crippen molar-refractivity contribution in [1.29, 1.82) is 0 Å². The van der Waals surface area contributed by atoms with Gasteiger partial charge in [0.05, 0.1) is 24.5 Å². The van der Waals surface area contributed by atoms with Crippen molar-refractivity contribution in [1.82, 2.24) is 9.55 Å². The van der Waals surface area contributed by atoms with Crippen LogP contribution in [0.25, 0.3) is 20.7 Å². The Morgan fingerprint density at radius 1 is 1.20 bits per heavy atom. The van der Waals surface area contributed by atoms with Crippen LogP contribution < -0.4 is 15.6 Å². The molecule has 0 bridgehead atoms. The van der Waals surface area contributed by atoms with Crippen LogP contribution in [0, 0.1) is 0 Å². The molecule has 0 aliphatic heterocycles. The number of nitrogens with zero attached hydrogens (tertiary/aromatic N) is 2. The van der Waals surface area contributed by atoms with Crippen LogP contribution >= 0.6 is 22.9 Å². The SMILES string of the molecule is COc1ccc(Cl)cc1NC(=O)C(C)n1cnc2sc(-c3ccccc3)cc2c1=O. The van der Waals surface area contributed by atoms with E-state index in [9.17, 15) is 9.59 Å². The van der Waals surface area contributed by atoms with E-state index in [4.69, 9.17) is 16.3 Å². The highest BCUT2D eigenvalue weighted by Crippen LogP contribution is 2.31. The first-order chi connectivity index (χ1) is 14.5. The minimum Gasteiger partial charge on any atom is -0.495 e. The third-order valence-electron chi connectivity index (χ3n) is 4.75. The standard InChI is InChI=1S/C22H18ClN3O3S/c1-13(20(27)25-17-10-15(23)8-9-18(17)29-2)26-12-24-21-16(22(26)28)11-19(30-21)14-6-4-3-5-7-14/h3-13H,1-2H3,(H,25,27). The fourth-order valence-electron chi connectivity index (χ4n) is 3.10. The quantitative estimate of drug-likeness (QED) is 0.475. The molecule has 152 valence electrons. The Hall–Kier alpha value is -3.16. The van der Waals surface area contributed by atoms with Crippen molar-refractivity contribution in [3.05, 3.63) is 76.3 Å². The van der Waals surface area contributed by atoms with Crippen LogP contribution in [-0.4, -0.2) is 22.6 Å². The smallest absolute Gasteiger partial charge is 0.262 e. The van der Waals surface area contributed by atoms with Gasteiger partial charge in [0, 0.05) is 9.90 Å². The number of thiophene rings is 1. The Kier molecular flexibility index (Phi) is 5.57. The van der Waals surface area contributed by atoms with E-state index in [1.165, 1.54) is 29.3 Å². The molecule has 0 radical (unpaired) electrons. The van der Waals surface area contributed by atoms with Crippen molar-refractivity contribution >= 4 is 44.7 Å². The molecule has 6 nitrogen and oxygen atoms in total. The molecule has 4 aromatic rings. The monoisotopic (exact) mass is 439 g/mol. The highest BCUT2D eigenvalue weighted by Gasteiger charge is 2.20. The maximum atomic E-state index is 13.1. The molecular weight excluding hydrogens is 422 g/mol. The van der Waals surface area contributed by atoms with E-state index in [2.05, 4.69) is 10.3 Å². The molecule has 1 atom stereocenters. The maximum Gasteiger partial charge on any atom is 0.262 e. The first-order valence-corrected chi connectivity index (χ1v) is 10.4. The third-order valence-corrected chi connectivity index (χ3v) is 6.08. The van der Waals surface area contributed by atoms with Crippen LogP contribution in [0.3, 0.4) is 0 Å². The van der Waals surface area contributed by atoms with Crippen molar-refractivity contribution in [3.63, 3.8) is 0 Å². The van der Waals surface area contributed by atoms with Gasteiger partial charge in [-0.05, 0) is 36.8 Å². The van der Waals surface area contributed by atoms with Gasteiger partial charge in [0.2, 0.25) is 5.91 Å². The topological polar surface area (TPSA) is 73.2 Å². The number of amides is 1. The van der Waals surface area contributed by atoms with Gasteiger partial charge in [0.1, 0.15) is 16.6 Å². The fourth-order valence-corrected chi connectivity index (χ4v) is 4.27. The van der Waals surface area contributed by atoms with Gasteiger partial charge >= 0.3 is 0 Å². The number of carbonyl (C=O) groups is 1. The van der Waals surface area contributed by atoms with E-state index in [0.717, 1.165) is 10.4 Å². The molecule has 0 aliphatic rings. The van der Waals surface area contributed by atoms with Crippen LogP contribution in [0.15, 0.2) is 65.7 Å². The van der Waals surface area contributed by atoms with E-state index >= 15 is 0 Å². The Morgan fingerprint density at radius 2 is 1.97 bits per heavy atom. The number of nitrogens with one attached hydrogen (secondary N) is 1. The van der Waals surface area contributed by atoms with Crippen molar-refractivity contribution in [2.45, 2.75) is 13.0 Å². The minimum absolute atomic E-state index is 0.265. The molecule has 4 rings (SSSR count). The van der Waals surface area contributed by atoms with Crippen LogP contribution in [0.2, 0.25) is 5.02 Å². The van der Waals surface area contributed by atoms with Gasteiger partial charge in [0.25, 0.3) is 5.56 Å². The van der Waals surface area contributed by atoms with Gasteiger partial charge in [-0.15, -0.1) is 11.3 Å². The summed E-state index contributed by atoms with van der Waals surface area (Å²) in [6.45, 7) is 1.64. The van der Waals surface area contributed by atoms with Crippen LogP contribution in [0.5, 0.6) is 5.75 Å². The zero-order valence-corrected chi connectivity index (χ0v) is 17.8. The third kappa shape index (κ3) is 3.81. The van der Waals surface area contributed by atoms with Crippen LogP contribution in [0.1, 0.15) is 13.0 Å². The maximum absolute atomic E-state index is 13.1. The minimum atomic E-state index is -0.779. The highest BCUT2D eigenvalue weighted by atomic mass is 35.5. The lowest BCUT2D eigenvalue weighted by molar-refractivity contribution is -0.118. The van der Waals surface area contributed by atoms with E-state index in [0.29, 0.717) is 26.7 Å². The largest absolute Gasteiger partial charge is 0.495 e. The second-order valence-corrected chi connectivity index (χ2v) is 8.13. The number of hydrogen-bond donors (Lipinski definition) is 1. The highest BCUT2D eigenvalue weighted by molar-refractivity contribution is 7.21. The van der Waals surface area contributed by atoms with Gasteiger partial charge in [-0.3, -0.25) is 14.2 Å². The number of aromatic nitrogens is 2. The summed E-state index contributed by atoms with van der Waals surface area (Å²) in [6, 6.07) is 15.8. The molecule has 0 saturated carbocycles. The molecule has 1 N–H and O–H groups in total. The lowest BCUT2D eigenvalue weighted by atomic mass is 10.2. The van der Waals surface area contributed by atoms with Gasteiger partial charge in [0.15, 0.2) is 0 Å². The number of fused-ring (bicyclic) bond motifs is 1.